The Morgan fingerprint density at radius 1 is 1.00 bits per heavy atom. The number of rotatable bonds is 7. The molecule has 0 unspecified atom stereocenters. The minimum atomic E-state index is -3.44. The molecule has 0 aliphatic heterocycles. The van der Waals surface area contributed by atoms with Crippen LogP contribution in [0.5, 0.6) is 0 Å². The van der Waals surface area contributed by atoms with E-state index in [1.165, 1.54) is 29.2 Å². The van der Waals surface area contributed by atoms with Crippen molar-refractivity contribution in [2.75, 3.05) is 5.75 Å². The van der Waals surface area contributed by atoms with Crippen molar-refractivity contribution in [1.29, 1.82) is 0 Å². The monoisotopic (exact) mass is 339 g/mol. The standard InChI is InChI=1S/C16H18FNO2S2/c1-2-21-16-9-5-13(6-10-16)11-18-22(19,20)12-14-3-7-15(17)8-4-14/h3-10,18H,2,11-12H2,1H3. The lowest BCUT2D eigenvalue weighted by atomic mass is 10.2. The Balaban J connectivity index is 1.93. The van der Waals surface area contributed by atoms with E-state index in [0.29, 0.717) is 5.56 Å². The van der Waals surface area contributed by atoms with E-state index in [2.05, 4.69) is 11.6 Å². The Bertz CT molecular complexity index is 698. The summed E-state index contributed by atoms with van der Waals surface area (Å²) in [6, 6.07) is 13.3. The first-order chi connectivity index (χ1) is 10.5. The molecule has 22 heavy (non-hydrogen) atoms. The highest BCUT2D eigenvalue weighted by molar-refractivity contribution is 7.99. The summed E-state index contributed by atoms with van der Waals surface area (Å²) in [5.41, 5.74) is 1.46. The van der Waals surface area contributed by atoms with Gasteiger partial charge < -0.3 is 0 Å². The maximum atomic E-state index is 12.8. The van der Waals surface area contributed by atoms with E-state index in [9.17, 15) is 12.8 Å². The third-order valence-electron chi connectivity index (χ3n) is 3.00. The first-order valence-electron chi connectivity index (χ1n) is 6.92. The lowest BCUT2D eigenvalue weighted by Crippen LogP contribution is -2.24. The van der Waals surface area contributed by atoms with Crippen molar-refractivity contribution in [3.8, 4) is 0 Å². The van der Waals surface area contributed by atoms with Crippen molar-refractivity contribution in [3.05, 3.63) is 65.5 Å². The fraction of sp³-hybridized carbons (Fsp3) is 0.250. The Morgan fingerprint density at radius 2 is 1.59 bits per heavy atom. The maximum Gasteiger partial charge on any atom is 0.216 e. The van der Waals surface area contributed by atoms with Gasteiger partial charge in [0.05, 0.1) is 5.75 Å². The van der Waals surface area contributed by atoms with Gasteiger partial charge in [0.15, 0.2) is 0 Å². The number of halogens is 1. The second-order valence-corrected chi connectivity index (χ2v) is 7.93. The molecule has 0 heterocycles. The van der Waals surface area contributed by atoms with Gasteiger partial charge in [-0.2, -0.15) is 0 Å². The molecule has 0 amide bonds. The highest BCUT2D eigenvalue weighted by Crippen LogP contribution is 2.17. The molecule has 1 N–H and O–H groups in total. The number of thioether (sulfide) groups is 1. The van der Waals surface area contributed by atoms with Crippen LogP contribution in [-0.2, 0) is 22.3 Å². The van der Waals surface area contributed by atoms with E-state index in [-0.39, 0.29) is 18.1 Å². The van der Waals surface area contributed by atoms with Crippen LogP contribution in [0.1, 0.15) is 18.1 Å². The molecule has 6 heteroatoms. The number of hydrogen-bond acceptors (Lipinski definition) is 3. The summed E-state index contributed by atoms with van der Waals surface area (Å²) in [5.74, 6) is 0.472. The van der Waals surface area contributed by atoms with Gasteiger partial charge in [-0.1, -0.05) is 31.2 Å². The fourth-order valence-corrected chi connectivity index (χ4v) is 3.70. The zero-order chi connectivity index (χ0) is 16.0. The molecule has 2 aromatic carbocycles. The van der Waals surface area contributed by atoms with Crippen LogP contribution in [0.4, 0.5) is 4.39 Å². The van der Waals surface area contributed by atoms with Crippen LogP contribution in [-0.4, -0.2) is 14.2 Å². The van der Waals surface area contributed by atoms with Crippen molar-refractivity contribution in [2.24, 2.45) is 0 Å². The van der Waals surface area contributed by atoms with Gasteiger partial charge in [0.25, 0.3) is 0 Å². The van der Waals surface area contributed by atoms with Crippen LogP contribution in [0, 0.1) is 5.82 Å². The average Bonchev–Trinajstić information content (AvgIpc) is 2.49. The lowest BCUT2D eigenvalue weighted by molar-refractivity contribution is 0.580. The Hall–Kier alpha value is -1.37. The summed E-state index contributed by atoms with van der Waals surface area (Å²) in [7, 11) is -3.44. The third-order valence-corrected chi connectivity index (χ3v) is 5.19. The highest BCUT2D eigenvalue weighted by Gasteiger charge is 2.11. The van der Waals surface area contributed by atoms with Crippen LogP contribution in [0.25, 0.3) is 0 Å². The van der Waals surface area contributed by atoms with Crippen LogP contribution in [0.15, 0.2) is 53.4 Å². The summed E-state index contributed by atoms with van der Waals surface area (Å²) in [6.07, 6.45) is 0. The van der Waals surface area contributed by atoms with Crippen molar-refractivity contribution in [1.82, 2.24) is 4.72 Å². The van der Waals surface area contributed by atoms with Crippen molar-refractivity contribution in [2.45, 2.75) is 24.1 Å². The second-order valence-electron chi connectivity index (χ2n) is 4.78. The molecule has 118 valence electrons. The summed E-state index contributed by atoms with van der Waals surface area (Å²) >= 11 is 1.74. The van der Waals surface area contributed by atoms with Crippen LogP contribution in [0.3, 0.4) is 0 Å². The molecule has 3 nitrogen and oxygen atoms in total. The summed E-state index contributed by atoms with van der Waals surface area (Å²) in [5, 5.41) is 0. The van der Waals surface area contributed by atoms with Gasteiger partial charge >= 0.3 is 0 Å². The fourth-order valence-electron chi connectivity index (χ4n) is 1.91. The van der Waals surface area contributed by atoms with Crippen LogP contribution in [0.2, 0.25) is 0 Å². The molecule has 0 atom stereocenters. The van der Waals surface area contributed by atoms with Crippen molar-refractivity contribution >= 4 is 21.8 Å². The van der Waals surface area contributed by atoms with E-state index in [0.717, 1.165) is 11.3 Å². The average molecular weight is 339 g/mol. The van der Waals surface area contributed by atoms with Crippen molar-refractivity contribution < 1.29 is 12.8 Å². The Morgan fingerprint density at radius 3 is 2.18 bits per heavy atom. The van der Waals surface area contributed by atoms with Crippen LogP contribution < -0.4 is 4.72 Å². The predicted molar refractivity (Wildman–Crippen MR) is 88.7 cm³/mol. The number of hydrogen-bond donors (Lipinski definition) is 1. The zero-order valence-electron chi connectivity index (χ0n) is 12.3. The van der Waals surface area contributed by atoms with Crippen molar-refractivity contribution in [3.63, 3.8) is 0 Å². The summed E-state index contributed by atoms with van der Waals surface area (Å²) < 4.78 is 39.4. The molecular weight excluding hydrogens is 321 g/mol. The molecule has 2 aromatic rings. The Kier molecular flexibility index (Phi) is 5.99. The van der Waals surface area contributed by atoms with Gasteiger partial charge in [-0.25, -0.2) is 17.5 Å². The molecule has 0 fully saturated rings. The molecule has 0 spiro atoms. The van der Waals surface area contributed by atoms with Gasteiger partial charge in [-0.05, 0) is 41.1 Å². The van der Waals surface area contributed by atoms with E-state index < -0.39 is 10.0 Å². The van der Waals surface area contributed by atoms with E-state index >= 15 is 0 Å². The van der Waals surface area contributed by atoms with Gasteiger partial charge in [-0.3, -0.25) is 0 Å². The molecule has 0 saturated carbocycles. The van der Waals surface area contributed by atoms with E-state index in [1.54, 1.807) is 11.8 Å². The SMILES string of the molecule is CCSc1ccc(CNS(=O)(=O)Cc2ccc(F)cc2)cc1. The molecule has 2 rings (SSSR count). The third kappa shape index (κ3) is 5.44. The normalized spacial score (nSPS) is 11.5. The molecular formula is C16H18FNO2S2. The quantitative estimate of drug-likeness (QED) is 0.785. The van der Waals surface area contributed by atoms with Gasteiger partial charge in [0.1, 0.15) is 5.82 Å². The molecule has 0 aromatic heterocycles. The molecule has 0 saturated heterocycles. The second kappa shape index (κ2) is 7.76. The molecule has 0 aliphatic rings. The maximum absolute atomic E-state index is 12.8. The first kappa shape index (κ1) is 17.0. The number of benzene rings is 2. The lowest BCUT2D eigenvalue weighted by Gasteiger charge is -2.08. The smallest absolute Gasteiger partial charge is 0.212 e. The van der Waals surface area contributed by atoms with Gasteiger partial charge in [-0.15, -0.1) is 11.8 Å². The van der Waals surface area contributed by atoms with E-state index in [1.807, 2.05) is 24.3 Å². The van der Waals surface area contributed by atoms with Gasteiger partial charge in [0, 0.05) is 11.4 Å². The van der Waals surface area contributed by atoms with Crippen LogP contribution >= 0.6 is 11.8 Å². The predicted octanol–water partition coefficient (Wildman–Crippen LogP) is 3.56. The minimum Gasteiger partial charge on any atom is -0.212 e. The van der Waals surface area contributed by atoms with E-state index in [4.69, 9.17) is 0 Å². The minimum absolute atomic E-state index is 0.156. The number of nitrogens with one attached hydrogen (secondary N) is 1. The zero-order valence-corrected chi connectivity index (χ0v) is 13.9. The largest absolute Gasteiger partial charge is 0.216 e. The molecule has 0 bridgehead atoms. The first-order valence-corrected chi connectivity index (χ1v) is 9.56. The Labute approximate surface area is 135 Å². The highest BCUT2D eigenvalue weighted by atomic mass is 32.2. The molecule has 0 radical (unpaired) electrons. The topological polar surface area (TPSA) is 46.2 Å². The number of sulfonamides is 1. The summed E-state index contributed by atoms with van der Waals surface area (Å²) in [4.78, 5) is 1.17. The summed E-state index contributed by atoms with van der Waals surface area (Å²) in [6.45, 7) is 2.34. The molecule has 0 aliphatic carbocycles. The van der Waals surface area contributed by atoms with Gasteiger partial charge in [0.2, 0.25) is 10.0 Å².